The van der Waals surface area contributed by atoms with Crippen LogP contribution in [0.4, 0.5) is 0 Å². The Morgan fingerprint density at radius 2 is 1.94 bits per heavy atom. The van der Waals surface area contributed by atoms with Crippen molar-refractivity contribution in [3.05, 3.63) is 35.9 Å². The van der Waals surface area contributed by atoms with Crippen molar-refractivity contribution in [3.8, 4) is 0 Å². The van der Waals surface area contributed by atoms with E-state index in [2.05, 4.69) is 5.32 Å². The predicted molar refractivity (Wildman–Crippen MR) is 70.6 cm³/mol. The minimum atomic E-state index is 0.00942. The summed E-state index contributed by atoms with van der Waals surface area (Å²) in [6.45, 7) is 3.52. The first-order chi connectivity index (χ1) is 8.34. The summed E-state index contributed by atoms with van der Waals surface area (Å²) in [7, 11) is 1.67. The Bertz CT molecular complexity index is 282. The molecule has 0 bridgehead atoms. The Morgan fingerprint density at radius 1 is 1.18 bits per heavy atom. The van der Waals surface area contributed by atoms with Crippen LogP contribution in [0.5, 0.6) is 0 Å². The van der Waals surface area contributed by atoms with E-state index < -0.39 is 0 Å². The van der Waals surface area contributed by atoms with Crippen molar-refractivity contribution in [2.75, 3.05) is 40.0 Å². The van der Waals surface area contributed by atoms with Crippen molar-refractivity contribution in [3.63, 3.8) is 0 Å². The summed E-state index contributed by atoms with van der Waals surface area (Å²) in [6.07, 6.45) is 0. The number of hydrogen-bond acceptors (Lipinski definition) is 3. The molecule has 1 unspecified atom stereocenters. The van der Waals surface area contributed by atoms with Crippen molar-refractivity contribution in [1.29, 1.82) is 0 Å². The Hall–Kier alpha value is -0.610. The molecule has 0 spiro atoms. The lowest BCUT2D eigenvalue weighted by molar-refractivity contribution is 0.0720. The predicted octanol–water partition coefficient (Wildman–Crippen LogP) is 2.22. The highest BCUT2D eigenvalue weighted by Crippen LogP contribution is 2.18. The first-order valence-corrected chi connectivity index (χ1v) is 6.24. The van der Waals surface area contributed by atoms with Crippen LogP contribution in [-0.4, -0.2) is 40.0 Å². The molecule has 1 atom stereocenters. The summed E-state index contributed by atoms with van der Waals surface area (Å²) < 4.78 is 10.2. The molecule has 0 aromatic heterocycles. The maximum absolute atomic E-state index is 6.25. The van der Waals surface area contributed by atoms with Crippen LogP contribution in [0.1, 0.15) is 10.9 Å². The molecule has 0 heterocycles. The molecule has 0 saturated carbocycles. The summed E-state index contributed by atoms with van der Waals surface area (Å²) in [6, 6.07) is 10.1. The van der Waals surface area contributed by atoms with Gasteiger partial charge in [0, 0.05) is 20.2 Å². The van der Waals surface area contributed by atoms with Gasteiger partial charge in [-0.05, 0) is 5.56 Å². The van der Waals surface area contributed by atoms with E-state index in [1.165, 1.54) is 0 Å². The summed E-state index contributed by atoms with van der Waals surface area (Å²) in [5, 5.41) is 3.27. The fourth-order valence-electron chi connectivity index (χ4n) is 1.40. The van der Waals surface area contributed by atoms with E-state index in [1.807, 2.05) is 30.3 Å². The molecule has 1 aromatic rings. The second-order valence-corrected chi connectivity index (χ2v) is 4.21. The van der Waals surface area contributed by atoms with Gasteiger partial charge in [-0.3, -0.25) is 0 Å². The zero-order valence-electron chi connectivity index (χ0n) is 10.2. The van der Waals surface area contributed by atoms with Gasteiger partial charge in [0.25, 0.3) is 0 Å². The van der Waals surface area contributed by atoms with E-state index in [-0.39, 0.29) is 5.38 Å². The molecule has 0 aliphatic rings. The van der Waals surface area contributed by atoms with Crippen molar-refractivity contribution in [2.45, 2.75) is 5.38 Å². The molecule has 1 rings (SSSR count). The minimum Gasteiger partial charge on any atom is -0.382 e. The summed E-state index contributed by atoms with van der Waals surface area (Å²) in [5.74, 6) is 0. The molecule has 1 N–H and O–H groups in total. The smallest absolute Gasteiger partial charge is 0.0709 e. The van der Waals surface area contributed by atoms with Crippen LogP contribution in [-0.2, 0) is 9.47 Å². The van der Waals surface area contributed by atoms with E-state index in [9.17, 15) is 0 Å². The zero-order chi connectivity index (χ0) is 12.3. The van der Waals surface area contributed by atoms with Gasteiger partial charge in [0.05, 0.1) is 25.2 Å². The molecule has 0 aliphatic carbocycles. The fourth-order valence-corrected chi connectivity index (χ4v) is 1.65. The lowest BCUT2D eigenvalue weighted by Gasteiger charge is -2.11. The molecule has 0 aliphatic heterocycles. The van der Waals surface area contributed by atoms with Crippen LogP contribution in [0.25, 0.3) is 0 Å². The van der Waals surface area contributed by atoms with Crippen LogP contribution in [0.15, 0.2) is 30.3 Å². The standard InChI is InChI=1S/C13H20ClNO2/c1-16-9-10-17-8-7-15-11-13(14)12-5-3-2-4-6-12/h2-6,13,15H,7-11H2,1H3. The average Bonchev–Trinajstić information content (AvgIpc) is 2.38. The van der Waals surface area contributed by atoms with Gasteiger partial charge < -0.3 is 14.8 Å². The van der Waals surface area contributed by atoms with Crippen molar-refractivity contribution in [1.82, 2.24) is 5.32 Å². The zero-order valence-corrected chi connectivity index (χ0v) is 11.0. The number of halogens is 1. The highest BCUT2D eigenvalue weighted by atomic mass is 35.5. The van der Waals surface area contributed by atoms with E-state index >= 15 is 0 Å². The van der Waals surface area contributed by atoms with Crippen LogP contribution >= 0.6 is 11.6 Å². The van der Waals surface area contributed by atoms with Gasteiger partial charge >= 0.3 is 0 Å². The summed E-state index contributed by atoms with van der Waals surface area (Å²) >= 11 is 6.25. The van der Waals surface area contributed by atoms with Gasteiger partial charge in [-0.2, -0.15) is 0 Å². The normalized spacial score (nSPS) is 12.6. The molecule has 96 valence electrons. The summed E-state index contributed by atoms with van der Waals surface area (Å²) in [4.78, 5) is 0. The molecular formula is C13H20ClNO2. The average molecular weight is 258 g/mol. The van der Waals surface area contributed by atoms with Crippen molar-refractivity contribution in [2.24, 2.45) is 0 Å². The second kappa shape index (κ2) is 9.42. The summed E-state index contributed by atoms with van der Waals surface area (Å²) in [5.41, 5.74) is 1.14. The third-order valence-corrected chi connectivity index (χ3v) is 2.75. The lowest BCUT2D eigenvalue weighted by Crippen LogP contribution is -2.24. The van der Waals surface area contributed by atoms with Crippen LogP contribution < -0.4 is 5.32 Å². The van der Waals surface area contributed by atoms with Gasteiger partial charge in [-0.1, -0.05) is 30.3 Å². The molecular weight excluding hydrogens is 238 g/mol. The minimum absolute atomic E-state index is 0.00942. The number of nitrogens with one attached hydrogen (secondary N) is 1. The van der Waals surface area contributed by atoms with Gasteiger partial charge in [0.2, 0.25) is 0 Å². The van der Waals surface area contributed by atoms with Crippen molar-refractivity contribution >= 4 is 11.6 Å². The largest absolute Gasteiger partial charge is 0.382 e. The number of benzene rings is 1. The number of ether oxygens (including phenoxy) is 2. The fraction of sp³-hybridized carbons (Fsp3) is 0.538. The van der Waals surface area contributed by atoms with E-state index in [0.717, 1.165) is 18.7 Å². The molecule has 1 aromatic carbocycles. The van der Waals surface area contributed by atoms with E-state index in [1.54, 1.807) is 7.11 Å². The first kappa shape index (κ1) is 14.5. The third-order valence-electron chi connectivity index (χ3n) is 2.34. The number of alkyl halides is 1. The first-order valence-electron chi connectivity index (χ1n) is 5.81. The monoisotopic (exact) mass is 257 g/mol. The molecule has 0 radical (unpaired) electrons. The number of methoxy groups -OCH3 is 1. The highest BCUT2D eigenvalue weighted by molar-refractivity contribution is 6.21. The van der Waals surface area contributed by atoms with Gasteiger partial charge in [0.15, 0.2) is 0 Å². The van der Waals surface area contributed by atoms with Gasteiger partial charge in [-0.25, -0.2) is 0 Å². The molecule has 0 fully saturated rings. The number of rotatable bonds is 9. The Balaban J connectivity index is 2.03. The van der Waals surface area contributed by atoms with E-state index in [0.29, 0.717) is 19.8 Å². The SMILES string of the molecule is COCCOCCNCC(Cl)c1ccccc1. The van der Waals surface area contributed by atoms with Gasteiger partial charge in [0.1, 0.15) is 0 Å². The molecule has 4 heteroatoms. The second-order valence-electron chi connectivity index (χ2n) is 3.69. The highest BCUT2D eigenvalue weighted by Gasteiger charge is 2.05. The van der Waals surface area contributed by atoms with Gasteiger partial charge in [-0.15, -0.1) is 11.6 Å². The maximum Gasteiger partial charge on any atom is 0.0709 e. The van der Waals surface area contributed by atoms with Crippen LogP contribution in [0.3, 0.4) is 0 Å². The van der Waals surface area contributed by atoms with Crippen LogP contribution in [0.2, 0.25) is 0 Å². The van der Waals surface area contributed by atoms with Crippen LogP contribution in [0, 0.1) is 0 Å². The maximum atomic E-state index is 6.25. The Morgan fingerprint density at radius 3 is 2.65 bits per heavy atom. The third kappa shape index (κ3) is 6.64. The Kier molecular flexibility index (Phi) is 8.01. The molecule has 17 heavy (non-hydrogen) atoms. The topological polar surface area (TPSA) is 30.5 Å². The van der Waals surface area contributed by atoms with Crippen molar-refractivity contribution < 1.29 is 9.47 Å². The molecule has 3 nitrogen and oxygen atoms in total. The molecule has 0 amide bonds. The Labute approximate surface area is 108 Å². The lowest BCUT2D eigenvalue weighted by atomic mass is 10.1. The number of hydrogen-bond donors (Lipinski definition) is 1. The quantitative estimate of drug-likeness (QED) is 0.544. The van der Waals surface area contributed by atoms with E-state index in [4.69, 9.17) is 21.1 Å². The molecule has 0 saturated heterocycles.